The summed E-state index contributed by atoms with van der Waals surface area (Å²) in [5.74, 6) is 6.84. The third-order valence-corrected chi connectivity index (χ3v) is 5.22. The molecule has 0 bridgehead atoms. The lowest BCUT2D eigenvalue weighted by Crippen LogP contribution is -2.06. The van der Waals surface area contributed by atoms with Gasteiger partial charge in [-0.1, -0.05) is 30.9 Å². The third-order valence-electron chi connectivity index (χ3n) is 5.22. The summed E-state index contributed by atoms with van der Waals surface area (Å²) in [4.78, 5) is 19.4. The summed E-state index contributed by atoms with van der Waals surface area (Å²) in [6.45, 7) is 4.05. The number of hydrogen-bond donors (Lipinski definition) is 3. The molecule has 162 valence electrons. The van der Waals surface area contributed by atoms with Crippen LogP contribution in [0.2, 0.25) is 0 Å². The molecule has 0 unspecified atom stereocenters. The summed E-state index contributed by atoms with van der Waals surface area (Å²) in [6, 6.07) is 10.5. The first-order valence-corrected chi connectivity index (χ1v) is 10.1. The second kappa shape index (κ2) is 8.47. The normalized spacial score (nSPS) is 12.7. The van der Waals surface area contributed by atoms with E-state index in [2.05, 4.69) is 21.8 Å². The average Bonchev–Trinajstić information content (AvgIpc) is 3.26. The molecule has 0 amide bonds. The van der Waals surface area contributed by atoms with Gasteiger partial charge < -0.3 is 26.0 Å². The van der Waals surface area contributed by atoms with Crippen molar-refractivity contribution in [3.8, 4) is 34.5 Å². The number of benzene rings is 2. The second-order valence-electron chi connectivity index (χ2n) is 7.32. The number of nitrogens with two attached hydrogens (primary N) is 2. The second-order valence-corrected chi connectivity index (χ2v) is 7.32. The Labute approximate surface area is 185 Å². The fourth-order valence-electron chi connectivity index (χ4n) is 3.49. The quantitative estimate of drug-likeness (QED) is 0.536. The van der Waals surface area contributed by atoms with Crippen LogP contribution in [-0.2, 0) is 6.42 Å². The molecule has 4 rings (SSSR count). The highest BCUT2D eigenvalue weighted by Crippen LogP contribution is 2.43. The van der Waals surface area contributed by atoms with E-state index in [0.29, 0.717) is 29.2 Å². The lowest BCUT2D eigenvalue weighted by molar-refractivity contribution is 0.0697. The van der Waals surface area contributed by atoms with Crippen molar-refractivity contribution in [2.24, 2.45) is 0 Å². The molecule has 3 aromatic rings. The van der Waals surface area contributed by atoms with Crippen LogP contribution in [0.15, 0.2) is 36.4 Å². The topological polar surface area (TPSA) is 134 Å². The lowest BCUT2D eigenvalue weighted by atomic mass is 9.94. The van der Waals surface area contributed by atoms with Crippen LogP contribution >= 0.6 is 0 Å². The summed E-state index contributed by atoms with van der Waals surface area (Å²) < 4.78 is 11.3. The van der Waals surface area contributed by atoms with E-state index < -0.39 is 5.97 Å². The Morgan fingerprint density at radius 3 is 2.62 bits per heavy atom. The molecule has 0 aliphatic carbocycles. The molecule has 0 saturated heterocycles. The maximum Gasteiger partial charge on any atom is 0.335 e. The number of aromatic carboxylic acids is 1. The van der Waals surface area contributed by atoms with E-state index >= 15 is 0 Å². The molecule has 2 aromatic carbocycles. The highest BCUT2D eigenvalue weighted by molar-refractivity contribution is 5.88. The minimum Gasteiger partial charge on any atom is -0.478 e. The van der Waals surface area contributed by atoms with Crippen molar-refractivity contribution in [3.63, 3.8) is 0 Å². The summed E-state index contributed by atoms with van der Waals surface area (Å²) in [5, 5.41) is 9.16. The minimum atomic E-state index is -0.976. The number of nitrogens with zero attached hydrogens (tertiary/aromatic N) is 2. The number of hydrogen-bond acceptors (Lipinski definition) is 7. The van der Waals surface area contributed by atoms with Gasteiger partial charge in [-0.3, -0.25) is 0 Å². The van der Waals surface area contributed by atoms with Gasteiger partial charge in [0.05, 0.1) is 16.8 Å². The molecular formula is C24H22N4O4. The smallest absolute Gasteiger partial charge is 0.335 e. The zero-order valence-electron chi connectivity index (χ0n) is 17.7. The van der Waals surface area contributed by atoms with E-state index in [1.54, 1.807) is 24.3 Å². The predicted octanol–water partition coefficient (Wildman–Crippen LogP) is 3.45. The van der Waals surface area contributed by atoms with Gasteiger partial charge in [0.2, 0.25) is 12.7 Å². The number of nitrogen functional groups attached to an aromatic ring is 2. The molecule has 8 heteroatoms. The molecule has 32 heavy (non-hydrogen) atoms. The van der Waals surface area contributed by atoms with E-state index in [-0.39, 0.29) is 30.0 Å². The molecule has 1 aliphatic rings. The fraction of sp³-hybridized carbons (Fsp3) is 0.208. The lowest BCUT2D eigenvalue weighted by Gasteiger charge is -2.12. The molecule has 8 nitrogen and oxygen atoms in total. The zero-order valence-corrected chi connectivity index (χ0v) is 17.7. The summed E-state index contributed by atoms with van der Waals surface area (Å²) in [7, 11) is 0. The molecule has 1 atom stereocenters. The van der Waals surface area contributed by atoms with Crippen molar-refractivity contribution in [1.82, 2.24) is 9.97 Å². The van der Waals surface area contributed by atoms with Gasteiger partial charge in [-0.2, -0.15) is 4.98 Å². The van der Waals surface area contributed by atoms with E-state index in [9.17, 15) is 4.79 Å². The van der Waals surface area contributed by atoms with Gasteiger partial charge in [0, 0.05) is 11.5 Å². The van der Waals surface area contributed by atoms with Crippen molar-refractivity contribution >= 4 is 17.7 Å². The van der Waals surface area contributed by atoms with Crippen LogP contribution in [0, 0.1) is 11.8 Å². The van der Waals surface area contributed by atoms with Gasteiger partial charge in [0.15, 0.2) is 11.5 Å². The van der Waals surface area contributed by atoms with Crippen LogP contribution < -0.4 is 20.9 Å². The molecule has 0 radical (unpaired) electrons. The summed E-state index contributed by atoms with van der Waals surface area (Å²) >= 11 is 0. The predicted molar refractivity (Wildman–Crippen MR) is 120 cm³/mol. The third kappa shape index (κ3) is 4.01. The zero-order chi connectivity index (χ0) is 22.8. The molecule has 0 saturated carbocycles. The number of aryl methyl sites for hydroxylation is 1. The van der Waals surface area contributed by atoms with Crippen LogP contribution in [-0.4, -0.2) is 27.8 Å². The SMILES string of the molecule is CCc1nc(N)nc(N)c1C#C[C@@H](C)c1cc2c(c(-c3ccc(C(=O)O)cc3)c1)OCO2. The Bertz CT molecular complexity index is 1260. The number of aromatic nitrogens is 2. The number of ether oxygens (including phenoxy) is 2. The monoisotopic (exact) mass is 430 g/mol. The minimum absolute atomic E-state index is 0.123. The Morgan fingerprint density at radius 1 is 1.19 bits per heavy atom. The number of carbonyl (C=O) groups is 1. The van der Waals surface area contributed by atoms with E-state index in [1.807, 2.05) is 26.0 Å². The summed E-state index contributed by atoms with van der Waals surface area (Å²) in [5.41, 5.74) is 15.8. The Kier molecular flexibility index (Phi) is 5.56. The largest absolute Gasteiger partial charge is 0.478 e. The molecular weight excluding hydrogens is 408 g/mol. The first-order valence-electron chi connectivity index (χ1n) is 10.1. The standard InChI is InChI=1S/C24H22N4O4/c1-3-19-17(22(25)28-24(26)27-19)9-4-13(2)16-10-18(21-20(11-16)31-12-32-21)14-5-7-15(8-6-14)23(29)30/h5-8,10-11,13H,3,12H2,1-2H3,(H,29,30)(H4,25,26,27,28)/t13-/m1/s1. The molecule has 5 N–H and O–H groups in total. The van der Waals surface area contributed by atoms with E-state index in [1.165, 1.54) is 0 Å². The maximum absolute atomic E-state index is 11.2. The van der Waals surface area contributed by atoms with Crippen molar-refractivity contribution in [2.75, 3.05) is 18.3 Å². The number of fused-ring (bicyclic) bond motifs is 1. The van der Waals surface area contributed by atoms with Gasteiger partial charge in [0.1, 0.15) is 5.82 Å². The number of anilines is 2. The first kappa shape index (κ1) is 21.0. The molecule has 0 spiro atoms. The van der Waals surface area contributed by atoms with Crippen LogP contribution in [0.25, 0.3) is 11.1 Å². The molecule has 1 aliphatic heterocycles. The van der Waals surface area contributed by atoms with Gasteiger partial charge in [-0.05, 0) is 48.7 Å². The number of rotatable bonds is 4. The highest BCUT2D eigenvalue weighted by Gasteiger charge is 2.22. The molecule has 0 fully saturated rings. The fourth-order valence-corrected chi connectivity index (χ4v) is 3.49. The maximum atomic E-state index is 11.2. The Balaban J connectivity index is 1.72. The Morgan fingerprint density at radius 2 is 1.94 bits per heavy atom. The van der Waals surface area contributed by atoms with Gasteiger partial charge in [-0.25, -0.2) is 9.78 Å². The van der Waals surface area contributed by atoms with E-state index in [0.717, 1.165) is 16.7 Å². The molecule has 2 heterocycles. The average molecular weight is 430 g/mol. The van der Waals surface area contributed by atoms with Gasteiger partial charge in [0.25, 0.3) is 0 Å². The van der Waals surface area contributed by atoms with Crippen LogP contribution in [0.3, 0.4) is 0 Å². The first-order chi connectivity index (χ1) is 15.4. The summed E-state index contributed by atoms with van der Waals surface area (Å²) in [6.07, 6.45) is 0.635. The van der Waals surface area contributed by atoms with Crippen molar-refractivity contribution < 1.29 is 19.4 Å². The van der Waals surface area contributed by atoms with Crippen LogP contribution in [0.1, 0.15) is 46.9 Å². The molecule has 1 aromatic heterocycles. The Hall–Kier alpha value is -4.25. The van der Waals surface area contributed by atoms with Crippen molar-refractivity contribution in [2.45, 2.75) is 26.2 Å². The van der Waals surface area contributed by atoms with Crippen LogP contribution in [0.5, 0.6) is 11.5 Å². The van der Waals surface area contributed by atoms with Crippen molar-refractivity contribution in [3.05, 3.63) is 58.8 Å². The number of carboxylic acids is 1. The highest BCUT2D eigenvalue weighted by atomic mass is 16.7. The van der Waals surface area contributed by atoms with E-state index in [4.69, 9.17) is 26.0 Å². The number of carboxylic acid groups (broad SMARTS) is 1. The van der Waals surface area contributed by atoms with Gasteiger partial charge in [-0.15, -0.1) is 0 Å². The van der Waals surface area contributed by atoms with Crippen LogP contribution in [0.4, 0.5) is 11.8 Å². The van der Waals surface area contributed by atoms with Crippen molar-refractivity contribution in [1.29, 1.82) is 0 Å². The van der Waals surface area contributed by atoms with Gasteiger partial charge >= 0.3 is 5.97 Å².